The number of ether oxygens (including phenoxy) is 1. The third-order valence-electron chi connectivity index (χ3n) is 4.79. The Labute approximate surface area is 175 Å². The van der Waals surface area contributed by atoms with E-state index < -0.39 is 36.3 Å². The van der Waals surface area contributed by atoms with E-state index in [-0.39, 0.29) is 28.9 Å². The minimum absolute atomic E-state index is 0.0597. The number of nitrogens with zero attached hydrogens (tertiary/aromatic N) is 2. The SMILES string of the molecule is COc1cc(F)c(C2CN(CCF)CC[C@H]2NC(=O)Nc2cnc(Cl)s2)c(F)c1. The van der Waals surface area contributed by atoms with E-state index in [1.165, 1.54) is 13.3 Å². The number of benzene rings is 1. The number of methoxy groups -OCH3 is 1. The zero-order valence-electron chi connectivity index (χ0n) is 15.6. The van der Waals surface area contributed by atoms with Gasteiger partial charge in [-0.05, 0) is 6.42 Å². The molecular formula is C18H20ClF3N4O2S. The molecule has 2 amide bonds. The molecule has 1 saturated heterocycles. The Bertz CT molecular complexity index is 846. The predicted octanol–water partition coefficient (Wildman–Crippen LogP) is 4.03. The average Bonchev–Trinajstić information content (AvgIpc) is 3.07. The van der Waals surface area contributed by atoms with E-state index in [0.29, 0.717) is 18.0 Å². The fourth-order valence-corrected chi connectivity index (χ4v) is 4.30. The van der Waals surface area contributed by atoms with E-state index in [2.05, 4.69) is 15.6 Å². The van der Waals surface area contributed by atoms with Gasteiger partial charge in [-0.15, -0.1) is 0 Å². The molecule has 2 atom stereocenters. The molecule has 1 aromatic heterocycles. The van der Waals surface area contributed by atoms with E-state index in [0.717, 1.165) is 23.5 Å². The largest absolute Gasteiger partial charge is 0.497 e. The van der Waals surface area contributed by atoms with Gasteiger partial charge in [0.05, 0.1) is 13.3 Å². The van der Waals surface area contributed by atoms with Gasteiger partial charge in [0.15, 0.2) is 4.47 Å². The van der Waals surface area contributed by atoms with Crippen LogP contribution in [0.3, 0.4) is 0 Å². The predicted molar refractivity (Wildman–Crippen MR) is 106 cm³/mol. The summed E-state index contributed by atoms with van der Waals surface area (Å²) in [6, 6.07) is 1.12. The summed E-state index contributed by atoms with van der Waals surface area (Å²) in [5.41, 5.74) is -0.152. The zero-order chi connectivity index (χ0) is 21.0. The Morgan fingerprint density at radius 1 is 1.41 bits per heavy atom. The second-order valence-corrected chi connectivity index (χ2v) is 8.18. The van der Waals surface area contributed by atoms with Crippen LogP contribution in [0.15, 0.2) is 18.3 Å². The molecule has 3 rings (SSSR count). The van der Waals surface area contributed by atoms with Crippen molar-refractivity contribution in [3.05, 3.63) is 40.0 Å². The minimum Gasteiger partial charge on any atom is -0.497 e. The highest BCUT2D eigenvalue weighted by atomic mass is 35.5. The number of carbonyl (C=O) groups excluding carboxylic acids is 1. The molecule has 11 heteroatoms. The Kier molecular flexibility index (Phi) is 7.20. The molecule has 0 bridgehead atoms. The van der Waals surface area contributed by atoms with E-state index in [1.807, 2.05) is 0 Å². The molecule has 29 heavy (non-hydrogen) atoms. The lowest BCUT2D eigenvalue weighted by Gasteiger charge is -2.39. The summed E-state index contributed by atoms with van der Waals surface area (Å²) in [5.74, 6) is -2.17. The first-order valence-electron chi connectivity index (χ1n) is 8.91. The topological polar surface area (TPSA) is 66.5 Å². The van der Waals surface area contributed by atoms with E-state index >= 15 is 0 Å². The number of hydrogen-bond donors (Lipinski definition) is 2. The number of nitrogens with one attached hydrogen (secondary N) is 2. The number of carbonyl (C=O) groups is 1. The van der Waals surface area contributed by atoms with Crippen molar-refractivity contribution in [3.8, 4) is 5.75 Å². The van der Waals surface area contributed by atoms with Gasteiger partial charge in [0.25, 0.3) is 0 Å². The number of urea groups is 1. The summed E-state index contributed by atoms with van der Waals surface area (Å²) in [7, 11) is 1.32. The van der Waals surface area contributed by atoms with Gasteiger partial charge in [-0.3, -0.25) is 10.2 Å². The number of amides is 2. The van der Waals surface area contributed by atoms with Crippen molar-refractivity contribution in [2.75, 3.05) is 38.7 Å². The third-order valence-corrected chi connectivity index (χ3v) is 5.82. The highest BCUT2D eigenvalue weighted by Crippen LogP contribution is 2.33. The van der Waals surface area contributed by atoms with E-state index in [9.17, 15) is 18.0 Å². The molecule has 0 radical (unpaired) electrons. The first kappa shape index (κ1) is 21.7. The zero-order valence-corrected chi connectivity index (χ0v) is 17.1. The van der Waals surface area contributed by atoms with Crippen LogP contribution in [0, 0.1) is 11.6 Å². The normalized spacial score (nSPS) is 19.8. The second-order valence-electron chi connectivity index (χ2n) is 6.57. The summed E-state index contributed by atoms with van der Waals surface area (Å²) in [6.07, 6.45) is 1.82. The Morgan fingerprint density at radius 3 is 2.72 bits per heavy atom. The van der Waals surface area contributed by atoms with Crippen LogP contribution in [0.2, 0.25) is 4.47 Å². The van der Waals surface area contributed by atoms with Gasteiger partial charge < -0.3 is 10.1 Å². The number of halogens is 4. The molecule has 0 spiro atoms. The number of aromatic nitrogens is 1. The lowest BCUT2D eigenvalue weighted by Crippen LogP contribution is -2.51. The van der Waals surface area contributed by atoms with Crippen LogP contribution in [0.4, 0.5) is 23.0 Å². The molecule has 2 aromatic rings. The second kappa shape index (κ2) is 9.64. The van der Waals surface area contributed by atoms with Crippen molar-refractivity contribution in [3.63, 3.8) is 0 Å². The van der Waals surface area contributed by atoms with Crippen LogP contribution in [0.25, 0.3) is 0 Å². The van der Waals surface area contributed by atoms with Crippen LogP contribution in [-0.2, 0) is 0 Å². The van der Waals surface area contributed by atoms with Crippen LogP contribution < -0.4 is 15.4 Å². The van der Waals surface area contributed by atoms with Gasteiger partial charge in [-0.1, -0.05) is 22.9 Å². The summed E-state index contributed by atoms with van der Waals surface area (Å²) in [4.78, 5) is 18.0. The van der Waals surface area contributed by atoms with Crippen LogP contribution in [-0.4, -0.2) is 55.4 Å². The lowest BCUT2D eigenvalue weighted by molar-refractivity contribution is 0.161. The standard InChI is InChI=1S/C18H20ClF3N4O2S/c1-28-10-6-12(21)16(13(22)7-10)11-9-26(5-3-20)4-2-14(11)24-18(27)25-15-8-23-17(19)29-15/h6-8,11,14H,2-5,9H2,1H3,(H2,24,25,27)/t11?,14-/m1/s1. The fraction of sp³-hybridized carbons (Fsp3) is 0.444. The van der Waals surface area contributed by atoms with Crippen molar-refractivity contribution in [1.82, 2.24) is 15.2 Å². The summed E-state index contributed by atoms with van der Waals surface area (Å²) >= 11 is 6.84. The maximum absolute atomic E-state index is 14.7. The van der Waals surface area contributed by atoms with Gasteiger partial charge in [0.1, 0.15) is 29.1 Å². The number of thiazole rings is 1. The van der Waals surface area contributed by atoms with Crippen LogP contribution in [0.1, 0.15) is 17.9 Å². The third kappa shape index (κ3) is 5.31. The maximum Gasteiger partial charge on any atom is 0.320 e. The smallest absolute Gasteiger partial charge is 0.320 e. The number of piperidine rings is 1. The quantitative estimate of drug-likeness (QED) is 0.700. The molecule has 2 N–H and O–H groups in total. The molecule has 0 aliphatic carbocycles. The van der Waals surface area contributed by atoms with Crippen molar-refractivity contribution in [2.24, 2.45) is 0 Å². The molecule has 2 heterocycles. The molecule has 1 aliphatic heterocycles. The van der Waals surface area contributed by atoms with Crippen molar-refractivity contribution in [2.45, 2.75) is 18.4 Å². The molecule has 158 valence electrons. The molecule has 6 nitrogen and oxygen atoms in total. The van der Waals surface area contributed by atoms with Gasteiger partial charge in [-0.2, -0.15) is 0 Å². The highest BCUT2D eigenvalue weighted by Gasteiger charge is 2.35. The van der Waals surface area contributed by atoms with Crippen LogP contribution in [0.5, 0.6) is 5.75 Å². The Hall–Kier alpha value is -2.04. The van der Waals surface area contributed by atoms with E-state index in [1.54, 1.807) is 4.90 Å². The lowest BCUT2D eigenvalue weighted by atomic mass is 9.85. The first-order chi connectivity index (χ1) is 13.9. The molecule has 1 aliphatic rings. The van der Waals surface area contributed by atoms with Gasteiger partial charge in [0.2, 0.25) is 0 Å². The first-order valence-corrected chi connectivity index (χ1v) is 10.1. The number of rotatable bonds is 6. The Morgan fingerprint density at radius 2 is 2.14 bits per heavy atom. The monoisotopic (exact) mass is 448 g/mol. The van der Waals surface area contributed by atoms with Gasteiger partial charge in [-0.25, -0.2) is 22.9 Å². The van der Waals surface area contributed by atoms with Crippen molar-refractivity contribution >= 4 is 34.0 Å². The van der Waals surface area contributed by atoms with Gasteiger partial charge in [0, 0.05) is 49.3 Å². The van der Waals surface area contributed by atoms with Crippen LogP contribution >= 0.6 is 22.9 Å². The number of anilines is 1. The highest BCUT2D eigenvalue weighted by molar-refractivity contribution is 7.19. The number of likely N-dealkylation sites (tertiary alicyclic amines) is 1. The number of alkyl halides is 1. The summed E-state index contributed by atoms with van der Waals surface area (Å²) in [5, 5.41) is 5.82. The summed E-state index contributed by atoms with van der Waals surface area (Å²) < 4.78 is 47.4. The Balaban J connectivity index is 1.82. The fourth-order valence-electron chi connectivity index (χ4n) is 3.47. The van der Waals surface area contributed by atoms with Crippen molar-refractivity contribution < 1.29 is 22.7 Å². The van der Waals surface area contributed by atoms with Gasteiger partial charge >= 0.3 is 6.03 Å². The summed E-state index contributed by atoms with van der Waals surface area (Å²) in [6.45, 7) is 0.303. The number of hydrogen-bond acceptors (Lipinski definition) is 5. The molecular weight excluding hydrogens is 429 g/mol. The molecule has 1 aromatic carbocycles. The minimum atomic E-state index is -0.768. The molecule has 1 fully saturated rings. The maximum atomic E-state index is 14.7. The van der Waals surface area contributed by atoms with Crippen molar-refractivity contribution in [1.29, 1.82) is 0 Å². The van der Waals surface area contributed by atoms with E-state index in [4.69, 9.17) is 16.3 Å². The molecule has 1 unspecified atom stereocenters. The average molecular weight is 449 g/mol. The molecule has 0 saturated carbocycles.